The van der Waals surface area contributed by atoms with Gasteiger partial charge in [0.25, 0.3) is 5.56 Å². The maximum atomic E-state index is 13.5. The highest BCUT2D eigenvalue weighted by atomic mass is 79.9. The van der Waals surface area contributed by atoms with E-state index in [1.54, 1.807) is 19.4 Å². The maximum Gasteiger partial charge on any atom is 0.282 e. The summed E-state index contributed by atoms with van der Waals surface area (Å²) >= 11 is 3.46. The third-order valence-corrected chi connectivity index (χ3v) is 7.44. The lowest BCUT2D eigenvalue weighted by molar-refractivity contribution is 0.283. The van der Waals surface area contributed by atoms with E-state index in [1.807, 2.05) is 48.5 Å². The van der Waals surface area contributed by atoms with Crippen LogP contribution in [0.5, 0.6) is 11.5 Å². The summed E-state index contributed by atoms with van der Waals surface area (Å²) in [6.07, 6.45) is 6.63. The molecule has 208 valence electrons. The van der Waals surface area contributed by atoms with Crippen LogP contribution in [-0.4, -0.2) is 23.0 Å². The number of hydrogen-bond acceptors (Lipinski definition) is 5. The Balaban J connectivity index is 1.51. The fraction of sp³-hybridized carbons (Fsp3) is 0.206. The second-order valence-electron chi connectivity index (χ2n) is 9.79. The zero-order chi connectivity index (χ0) is 28.8. The average Bonchev–Trinajstić information content (AvgIpc) is 2.99. The largest absolute Gasteiger partial charge is 0.493 e. The molecule has 0 saturated carbocycles. The van der Waals surface area contributed by atoms with Crippen LogP contribution in [0, 0.1) is 0 Å². The summed E-state index contributed by atoms with van der Waals surface area (Å²) in [5.41, 5.74) is 3.25. The molecular weight excluding hydrogens is 578 g/mol. The zero-order valence-electron chi connectivity index (χ0n) is 23.3. The molecule has 0 aliphatic heterocycles. The van der Waals surface area contributed by atoms with Gasteiger partial charge in [-0.1, -0.05) is 77.8 Å². The van der Waals surface area contributed by atoms with Gasteiger partial charge in [0, 0.05) is 16.5 Å². The summed E-state index contributed by atoms with van der Waals surface area (Å²) in [5.74, 6) is 1.89. The van der Waals surface area contributed by atoms with Gasteiger partial charge in [0.05, 0.1) is 24.2 Å². The summed E-state index contributed by atoms with van der Waals surface area (Å²) < 4.78 is 14.4. The number of hydrogen-bond donors (Lipinski definition) is 0. The van der Waals surface area contributed by atoms with Gasteiger partial charge < -0.3 is 9.47 Å². The number of benzene rings is 4. The van der Waals surface area contributed by atoms with Crippen molar-refractivity contribution in [2.45, 2.75) is 39.2 Å². The van der Waals surface area contributed by atoms with Crippen LogP contribution in [0.15, 0.2) is 99.8 Å². The van der Waals surface area contributed by atoms with Crippen LogP contribution >= 0.6 is 15.9 Å². The summed E-state index contributed by atoms with van der Waals surface area (Å²) in [6.45, 7) is 6.44. The minimum Gasteiger partial charge on any atom is -0.493 e. The number of halogens is 1. The van der Waals surface area contributed by atoms with Gasteiger partial charge in [0.15, 0.2) is 11.5 Å². The molecule has 41 heavy (non-hydrogen) atoms. The van der Waals surface area contributed by atoms with Gasteiger partial charge in [-0.25, -0.2) is 4.98 Å². The predicted molar refractivity (Wildman–Crippen MR) is 170 cm³/mol. The first-order valence-corrected chi connectivity index (χ1v) is 14.5. The Hall–Kier alpha value is -4.23. The van der Waals surface area contributed by atoms with Gasteiger partial charge in [0.2, 0.25) is 0 Å². The molecule has 0 N–H and O–H groups in total. The molecule has 0 bridgehead atoms. The molecule has 1 heterocycles. The van der Waals surface area contributed by atoms with Gasteiger partial charge in [-0.15, -0.1) is 6.58 Å². The zero-order valence-corrected chi connectivity index (χ0v) is 24.9. The Kier molecular flexibility index (Phi) is 8.95. The molecular formula is C34H32BrN3O3. The van der Waals surface area contributed by atoms with E-state index < -0.39 is 0 Å². The van der Waals surface area contributed by atoms with Crippen molar-refractivity contribution < 1.29 is 9.47 Å². The molecule has 0 unspecified atom stereocenters. The Morgan fingerprint density at radius 3 is 2.66 bits per heavy atom. The summed E-state index contributed by atoms with van der Waals surface area (Å²) in [7, 11) is 1.62. The smallest absolute Gasteiger partial charge is 0.282 e. The number of fused-ring (bicyclic) bond motifs is 2. The van der Waals surface area contributed by atoms with Crippen LogP contribution < -0.4 is 15.0 Å². The van der Waals surface area contributed by atoms with Crippen LogP contribution in [0.25, 0.3) is 21.7 Å². The molecule has 5 rings (SSSR count). The summed E-state index contributed by atoms with van der Waals surface area (Å²) in [4.78, 5) is 18.2. The highest BCUT2D eigenvalue weighted by Crippen LogP contribution is 2.34. The number of nitrogens with zero attached hydrogens (tertiary/aromatic N) is 3. The second-order valence-corrected chi connectivity index (χ2v) is 10.7. The van der Waals surface area contributed by atoms with Crippen molar-refractivity contribution in [3.8, 4) is 11.5 Å². The Bertz CT molecular complexity index is 1800. The number of aromatic nitrogens is 2. The van der Waals surface area contributed by atoms with Crippen LogP contribution in [-0.2, 0) is 19.4 Å². The highest BCUT2D eigenvalue weighted by molar-refractivity contribution is 9.10. The van der Waals surface area contributed by atoms with E-state index in [9.17, 15) is 4.79 Å². The first-order valence-electron chi connectivity index (χ1n) is 13.7. The lowest BCUT2D eigenvalue weighted by Gasteiger charge is -2.16. The number of aryl methyl sites for hydroxylation is 1. The van der Waals surface area contributed by atoms with E-state index >= 15 is 0 Å². The third kappa shape index (κ3) is 6.25. The summed E-state index contributed by atoms with van der Waals surface area (Å²) in [5, 5.41) is 7.46. The average molecular weight is 611 g/mol. The van der Waals surface area contributed by atoms with Crippen molar-refractivity contribution >= 4 is 43.8 Å². The Morgan fingerprint density at radius 1 is 1.02 bits per heavy atom. The quantitative estimate of drug-likeness (QED) is 0.113. The molecule has 0 fully saturated rings. The predicted octanol–water partition coefficient (Wildman–Crippen LogP) is 7.85. The molecule has 4 aromatic carbocycles. The highest BCUT2D eigenvalue weighted by Gasteiger charge is 2.15. The monoisotopic (exact) mass is 609 g/mol. The number of unbranched alkanes of at least 4 members (excludes halogenated alkanes) is 1. The van der Waals surface area contributed by atoms with E-state index in [4.69, 9.17) is 14.5 Å². The lowest BCUT2D eigenvalue weighted by Crippen LogP contribution is -2.22. The molecule has 7 heteroatoms. The van der Waals surface area contributed by atoms with Crippen LogP contribution in [0.3, 0.4) is 0 Å². The maximum absolute atomic E-state index is 13.5. The molecule has 0 saturated heterocycles. The molecule has 0 aliphatic carbocycles. The minimum absolute atomic E-state index is 0.202. The van der Waals surface area contributed by atoms with Crippen molar-refractivity contribution in [1.29, 1.82) is 0 Å². The van der Waals surface area contributed by atoms with Gasteiger partial charge in [-0.05, 0) is 65.1 Å². The molecule has 5 aromatic rings. The van der Waals surface area contributed by atoms with Crippen LogP contribution in [0.4, 0.5) is 0 Å². The van der Waals surface area contributed by atoms with Crippen LogP contribution in [0.2, 0.25) is 0 Å². The molecule has 0 amide bonds. The van der Waals surface area contributed by atoms with E-state index in [1.165, 1.54) is 10.1 Å². The van der Waals surface area contributed by atoms with Crippen molar-refractivity contribution in [3.63, 3.8) is 0 Å². The third-order valence-electron chi connectivity index (χ3n) is 6.94. The van der Waals surface area contributed by atoms with E-state index in [-0.39, 0.29) is 5.56 Å². The van der Waals surface area contributed by atoms with E-state index in [0.717, 1.165) is 39.4 Å². The molecule has 0 aliphatic rings. The van der Waals surface area contributed by atoms with E-state index in [0.29, 0.717) is 47.7 Å². The second kappa shape index (κ2) is 13.0. The molecule has 0 radical (unpaired) electrons. The van der Waals surface area contributed by atoms with Crippen molar-refractivity contribution in [2.24, 2.45) is 5.10 Å². The topological polar surface area (TPSA) is 65.7 Å². The fourth-order valence-corrected chi connectivity index (χ4v) is 5.24. The lowest BCUT2D eigenvalue weighted by atomic mass is 10.0. The van der Waals surface area contributed by atoms with Gasteiger partial charge >= 0.3 is 0 Å². The van der Waals surface area contributed by atoms with Crippen molar-refractivity contribution in [3.05, 3.63) is 123 Å². The normalized spacial score (nSPS) is 11.4. The number of ether oxygens (including phenoxy) is 2. The standard InChI is InChI=1S/C34H32BrN3O3/c1-4-6-15-32-37-30-17-16-27(35)20-29(30)34(39)38(32)36-21-23-18-25(10-5-2)33(31(19-23)40-3)41-22-26-13-9-12-24-11-7-8-14-28(24)26/h5,7-9,11-14,16-21H,2,4,6,10,15,22H2,1,3H3. The first kappa shape index (κ1) is 28.3. The SMILES string of the molecule is C=CCc1cc(C=Nn2c(CCCC)nc3ccc(Br)cc3c2=O)cc(OC)c1OCc1cccc2ccccc12. The van der Waals surface area contributed by atoms with Crippen LogP contribution in [0.1, 0.15) is 42.3 Å². The molecule has 6 nitrogen and oxygen atoms in total. The summed E-state index contributed by atoms with van der Waals surface area (Å²) in [6, 6.07) is 23.9. The minimum atomic E-state index is -0.202. The number of allylic oxidation sites excluding steroid dienone is 1. The number of methoxy groups -OCH3 is 1. The van der Waals surface area contributed by atoms with Crippen molar-refractivity contribution in [2.75, 3.05) is 7.11 Å². The molecule has 1 aromatic heterocycles. The van der Waals surface area contributed by atoms with Crippen molar-refractivity contribution in [1.82, 2.24) is 9.66 Å². The van der Waals surface area contributed by atoms with E-state index in [2.05, 4.69) is 58.8 Å². The van der Waals surface area contributed by atoms with Gasteiger partial charge in [-0.2, -0.15) is 9.78 Å². The Labute approximate surface area is 248 Å². The van der Waals surface area contributed by atoms with Gasteiger partial charge in [0.1, 0.15) is 12.4 Å². The number of rotatable bonds is 11. The van der Waals surface area contributed by atoms with Gasteiger partial charge in [-0.3, -0.25) is 4.79 Å². The molecule has 0 atom stereocenters. The first-order chi connectivity index (χ1) is 20.0. The fourth-order valence-electron chi connectivity index (χ4n) is 4.88. The molecule has 0 spiro atoms. The Morgan fingerprint density at radius 2 is 1.85 bits per heavy atom.